The van der Waals surface area contributed by atoms with Gasteiger partial charge in [0.1, 0.15) is 5.82 Å². The number of nitrogens with two attached hydrogens (primary N) is 1. The zero-order valence-electron chi connectivity index (χ0n) is 9.42. The predicted molar refractivity (Wildman–Crippen MR) is 65.7 cm³/mol. The lowest BCUT2D eigenvalue weighted by atomic mass is 9.98. The zero-order chi connectivity index (χ0) is 11.7. The predicted octanol–water partition coefficient (Wildman–Crippen LogP) is 3.69. The third-order valence-electron chi connectivity index (χ3n) is 2.67. The molecule has 0 spiro atoms. The van der Waals surface area contributed by atoms with Gasteiger partial charge in [0.15, 0.2) is 0 Å². The first kappa shape index (κ1) is 10.7. The van der Waals surface area contributed by atoms with E-state index in [0.29, 0.717) is 11.3 Å². The topological polar surface area (TPSA) is 26.0 Å². The smallest absolute Gasteiger partial charge is 0.133 e. The molecule has 2 aromatic carbocycles. The summed E-state index contributed by atoms with van der Waals surface area (Å²) in [5.41, 5.74) is 9.75. The number of benzene rings is 2. The van der Waals surface area contributed by atoms with Crippen LogP contribution in [0.5, 0.6) is 0 Å². The molecule has 0 aliphatic heterocycles. The maximum atomic E-state index is 13.7. The Morgan fingerprint density at radius 1 is 0.938 bits per heavy atom. The first-order valence-corrected chi connectivity index (χ1v) is 5.20. The average Bonchev–Trinajstić information content (AvgIpc) is 2.19. The van der Waals surface area contributed by atoms with Crippen LogP contribution in [0.3, 0.4) is 0 Å². The fourth-order valence-corrected chi connectivity index (χ4v) is 1.87. The highest BCUT2D eigenvalue weighted by atomic mass is 19.1. The van der Waals surface area contributed by atoms with Crippen LogP contribution in [0.25, 0.3) is 11.1 Å². The standard InChI is InChI=1S/C14H14FN/c1-9-3-5-12(10(2)7-9)13-6-4-11(16)8-14(13)15/h3-8H,16H2,1-2H3. The van der Waals surface area contributed by atoms with Crippen molar-refractivity contribution in [1.29, 1.82) is 0 Å². The normalized spacial score (nSPS) is 10.4. The van der Waals surface area contributed by atoms with E-state index in [2.05, 4.69) is 0 Å². The minimum absolute atomic E-state index is 0.271. The Morgan fingerprint density at radius 3 is 2.25 bits per heavy atom. The Kier molecular flexibility index (Phi) is 2.65. The molecule has 2 N–H and O–H groups in total. The first-order chi connectivity index (χ1) is 7.58. The maximum Gasteiger partial charge on any atom is 0.133 e. The van der Waals surface area contributed by atoms with Gasteiger partial charge in [0, 0.05) is 11.3 Å². The number of halogens is 1. The van der Waals surface area contributed by atoms with Crippen LogP contribution in [0.4, 0.5) is 10.1 Å². The summed E-state index contributed by atoms with van der Waals surface area (Å²) in [5.74, 6) is -0.271. The average molecular weight is 215 g/mol. The van der Waals surface area contributed by atoms with E-state index in [1.165, 1.54) is 11.6 Å². The van der Waals surface area contributed by atoms with E-state index < -0.39 is 0 Å². The molecule has 0 bridgehead atoms. The summed E-state index contributed by atoms with van der Waals surface area (Å²) < 4.78 is 13.7. The monoisotopic (exact) mass is 215 g/mol. The molecule has 82 valence electrons. The Labute approximate surface area is 94.7 Å². The van der Waals surface area contributed by atoms with Gasteiger partial charge >= 0.3 is 0 Å². The van der Waals surface area contributed by atoms with Gasteiger partial charge in [-0.1, -0.05) is 23.8 Å². The molecular weight excluding hydrogens is 201 g/mol. The van der Waals surface area contributed by atoms with Gasteiger partial charge in [-0.25, -0.2) is 4.39 Å². The van der Waals surface area contributed by atoms with Gasteiger partial charge in [-0.3, -0.25) is 0 Å². The number of hydrogen-bond donors (Lipinski definition) is 1. The summed E-state index contributed by atoms with van der Waals surface area (Å²) in [6.45, 7) is 4.01. The summed E-state index contributed by atoms with van der Waals surface area (Å²) >= 11 is 0. The Balaban J connectivity index is 2.59. The molecule has 2 heteroatoms. The van der Waals surface area contributed by atoms with Gasteiger partial charge in [0.2, 0.25) is 0 Å². The highest BCUT2D eigenvalue weighted by molar-refractivity contribution is 5.69. The van der Waals surface area contributed by atoms with Crippen molar-refractivity contribution < 1.29 is 4.39 Å². The summed E-state index contributed by atoms with van der Waals surface area (Å²) in [6.07, 6.45) is 0. The number of nitrogen functional groups attached to an aromatic ring is 1. The minimum Gasteiger partial charge on any atom is -0.399 e. The summed E-state index contributed by atoms with van der Waals surface area (Å²) in [7, 11) is 0. The summed E-state index contributed by atoms with van der Waals surface area (Å²) in [5, 5.41) is 0. The summed E-state index contributed by atoms with van der Waals surface area (Å²) in [4.78, 5) is 0. The van der Waals surface area contributed by atoms with E-state index in [1.54, 1.807) is 12.1 Å². The SMILES string of the molecule is Cc1ccc(-c2ccc(N)cc2F)c(C)c1. The molecule has 0 unspecified atom stereocenters. The van der Waals surface area contributed by atoms with E-state index in [1.807, 2.05) is 32.0 Å². The lowest BCUT2D eigenvalue weighted by molar-refractivity contribution is 0.632. The minimum atomic E-state index is -0.271. The second-order valence-corrected chi connectivity index (χ2v) is 4.06. The molecule has 0 aliphatic carbocycles. The molecule has 0 aromatic heterocycles. The molecule has 0 saturated heterocycles. The Bertz CT molecular complexity index is 483. The van der Waals surface area contributed by atoms with Crippen molar-refractivity contribution in [2.45, 2.75) is 13.8 Å². The quantitative estimate of drug-likeness (QED) is 0.721. The van der Waals surface area contributed by atoms with Gasteiger partial charge in [-0.15, -0.1) is 0 Å². The van der Waals surface area contributed by atoms with Gasteiger partial charge < -0.3 is 5.73 Å². The van der Waals surface area contributed by atoms with Crippen molar-refractivity contribution in [3.8, 4) is 11.1 Å². The lowest BCUT2D eigenvalue weighted by Crippen LogP contribution is -1.91. The van der Waals surface area contributed by atoms with Crippen molar-refractivity contribution in [3.05, 3.63) is 53.3 Å². The van der Waals surface area contributed by atoms with E-state index >= 15 is 0 Å². The molecule has 0 atom stereocenters. The van der Waals surface area contributed by atoms with Crippen molar-refractivity contribution in [1.82, 2.24) is 0 Å². The number of aryl methyl sites for hydroxylation is 2. The highest BCUT2D eigenvalue weighted by Crippen LogP contribution is 2.27. The molecular formula is C14H14FN. The van der Waals surface area contributed by atoms with Gasteiger partial charge in [-0.05, 0) is 43.2 Å². The second kappa shape index (κ2) is 3.97. The highest BCUT2D eigenvalue weighted by Gasteiger charge is 2.07. The molecule has 2 rings (SSSR count). The first-order valence-electron chi connectivity index (χ1n) is 5.20. The van der Waals surface area contributed by atoms with Crippen LogP contribution in [0.15, 0.2) is 36.4 Å². The van der Waals surface area contributed by atoms with Crippen molar-refractivity contribution in [2.75, 3.05) is 5.73 Å². The molecule has 0 fully saturated rings. The number of hydrogen-bond acceptors (Lipinski definition) is 1. The van der Waals surface area contributed by atoms with Crippen molar-refractivity contribution >= 4 is 5.69 Å². The van der Waals surface area contributed by atoms with Crippen LogP contribution in [0.1, 0.15) is 11.1 Å². The van der Waals surface area contributed by atoms with Crippen molar-refractivity contribution in [3.63, 3.8) is 0 Å². The lowest BCUT2D eigenvalue weighted by Gasteiger charge is -2.08. The fraction of sp³-hybridized carbons (Fsp3) is 0.143. The van der Waals surface area contributed by atoms with Crippen LogP contribution in [-0.2, 0) is 0 Å². The molecule has 0 amide bonds. The molecule has 0 radical (unpaired) electrons. The van der Waals surface area contributed by atoms with Crippen LogP contribution in [-0.4, -0.2) is 0 Å². The van der Waals surface area contributed by atoms with Crippen LogP contribution in [0.2, 0.25) is 0 Å². The number of rotatable bonds is 1. The van der Waals surface area contributed by atoms with E-state index in [4.69, 9.17) is 5.73 Å². The fourth-order valence-electron chi connectivity index (χ4n) is 1.87. The third-order valence-corrected chi connectivity index (χ3v) is 2.67. The van der Waals surface area contributed by atoms with E-state index in [-0.39, 0.29) is 5.82 Å². The largest absolute Gasteiger partial charge is 0.399 e. The van der Waals surface area contributed by atoms with Gasteiger partial charge in [0.25, 0.3) is 0 Å². The second-order valence-electron chi connectivity index (χ2n) is 4.06. The van der Waals surface area contributed by atoms with E-state index in [0.717, 1.165) is 11.1 Å². The van der Waals surface area contributed by atoms with Crippen molar-refractivity contribution in [2.24, 2.45) is 0 Å². The molecule has 0 aliphatic rings. The molecule has 2 aromatic rings. The Morgan fingerprint density at radius 2 is 1.62 bits per heavy atom. The van der Waals surface area contributed by atoms with E-state index in [9.17, 15) is 4.39 Å². The van der Waals surface area contributed by atoms with Crippen LogP contribution >= 0.6 is 0 Å². The van der Waals surface area contributed by atoms with Crippen LogP contribution in [0, 0.1) is 19.7 Å². The Hall–Kier alpha value is -1.83. The van der Waals surface area contributed by atoms with Crippen LogP contribution < -0.4 is 5.73 Å². The molecule has 0 heterocycles. The molecule has 1 nitrogen and oxygen atoms in total. The summed E-state index contributed by atoms with van der Waals surface area (Å²) in [6, 6.07) is 10.8. The number of anilines is 1. The van der Waals surface area contributed by atoms with Gasteiger partial charge in [0.05, 0.1) is 0 Å². The molecule has 0 saturated carbocycles. The third kappa shape index (κ3) is 1.91. The van der Waals surface area contributed by atoms with Gasteiger partial charge in [-0.2, -0.15) is 0 Å². The maximum absolute atomic E-state index is 13.7. The zero-order valence-corrected chi connectivity index (χ0v) is 9.42. The molecule has 16 heavy (non-hydrogen) atoms.